The summed E-state index contributed by atoms with van der Waals surface area (Å²) in [5.41, 5.74) is 8.10. The molecule has 0 radical (unpaired) electrons. The molecule has 3 aromatic carbocycles. The van der Waals surface area contributed by atoms with Crippen LogP contribution in [0.1, 0.15) is 42.1 Å². The van der Waals surface area contributed by atoms with Gasteiger partial charge in [-0.15, -0.1) is 0 Å². The van der Waals surface area contributed by atoms with Gasteiger partial charge in [-0.25, -0.2) is 18.9 Å². The van der Waals surface area contributed by atoms with E-state index in [4.69, 9.17) is 4.74 Å². The van der Waals surface area contributed by atoms with Gasteiger partial charge in [0, 0.05) is 23.6 Å². The third-order valence-electron chi connectivity index (χ3n) is 7.18. The number of hydrogen-bond acceptors (Lipinski definition) is 6. The van der Waals surface area contributed by atoms with Gasteiger partial charge in [0.1, 0.15) is 6.33 Å². The average Bonchev–Trinajstić information content (AvgIpc) is 3.65. The van der Waals surface area contributed by atoms with E-state index in [1.807, 2.05) is 55.5 Å². The van der Waals surface area contributed by atoms with Crippen LogP contribution in [0.4, 0.5) is 4.39 Å². The summed E-state index contributed by atoms with van der Waals surface area (Å²) in [6.45, 7) is 2.03. The van der Waals surface area contributed by atoms with Crippen LogP contribution in [-0.4, -0.2) is 37.9 Å². The van der Waals surface area contributed by atoms with Crippen LogP contribution in [0.15, 0.2) is 83.0 Å². The zero-order valence-electron chi connectivity index (χ0n) is 22.6. The van der Waals surface area contributed by atoms with Gasteiger partial charge in [-0.2, -0.15) is 15.2 Å². The molecule has 0 bridgehead atoms. The van der Waals surface area contributed by atoms with Crippen molar-refractivity contribution in [1.82, 2.24) is 24.6 Å². The van der Waals surface area contributed by atoms with Gasteiger partial charge >= 0.3 is 0 Å². The summed E-state index contributed by atoms with van der Waals surface area (Å²) >= 11 is 0. The molecule has 1 amide bonds. The number of fused-ring (bicyclic) bond motifs is 1. The molecular formula is C31H27FN6O3. The minimum Gasteiger partial charge on any atom is -0.494 e. The van der Waals surface area contributed by atoms with Crippen LogP contribution < -0.4 is 15.7 Å². The number of ether oxygens (including phenoxy) is 1. The Kier molecular flexibility index (Phi) is 6.88. The summed E-state index contributed by atoms with van der Waals surface area (Å²) < 4.78 is 22.8. The molecule has 3 heterocycles. The highest BCUT2D eigenvalue weighted by molar-refractivity contribution is 6.16. The van der Waals surface area contributed by atoms with Crippen molar-refractivity contribution in [3.63, 3.8) is 0 Å². The summed E-state index contributed by atoms with van der Waals surface area (Å²) in [7, 11) is 1.39. The second kappa shape index (κ2) is 10.8. The van der Waals surface area contributed by atoms with Crippen LogP contribution in [0.3, 0.4) is 0 Å². The smallest absolute Gasteiger partial charge is 0.263 e. The fourth-order valence-electron chi connectivity index (χ4n) is 5.28. The second-order valence-electron chi connectivity index (χ2n) is 9.80. The molecular weight excluding hydrogens is 523 g/mol. The van der Waals surface area contributed by atoms with E-state index >= 15 is 0 Å². The number of benzene rings is 3. The van der Waals surface area contributed by atoms with Crippen molar-refractivity contribution in [2.45, 2.75) is 32.6 Å². The number of nitrogens with one attached hydrogen (secondary N) is 1. The molecule has 0 spiro atoms. The van der Waals surface area contributed by atoms with Crippen molar-refractivity contribution < 1.29 is 13.9 Å². The van der Waals surface area contributed by atoms with Crippen LogP contribution in [0.25, 0.3) is 22.6 Å². The fourth-order valence-corrected chi connectivity index (χ4v) is 5.28. The summed E-state index contributed by atoms with van der Waals surface area (Å²) in [5, 5.41) is 8.71. The Morgan fingerprint density at radius 3 is 2.56 bits per heavy atom. The molecule has 9 nitrogen and oxygen atoms in total. The normalized spacial score (nSPS) is 13.0. The highest BCUT2D eigenvalue weighted by Gasteiger charge is 2.23. The van der Waals surface area contributed by atoms with Crippen LogP contribution in [0, 0.1) is 5.82 Å². The Labute approximate surface area is 234 Å². The van der Waals surface area contributed by atoms with Crippen molar-refractivity contribution in [2.24, 2.45) is 5.10 Å². The first-order valence-corrected chi connectivity index (χ1v) is 13.3. The van der Waals surface area contributed by atoms with E-state index < -0.39 is 5.82 Å². The number of hydrogen-bond donors (Lipinski definition) is 1. The molecule has 1 aliphatic rings. The highest BCUT2D eigenvalue weighted by Crippen LogP contribution is 2.29. The summed E-state index contributed by atoms with van der Waals surface area (Å²) in [4.78, 5) is 30.5. The molecule has 1 aliphatic heterocycles. The number of halogens is 1. The fraction of sp³-hybridized carbons (Fsp3) is 0.194. The van der Waals surface area contributed by atoms with Gasteiger partial charge in [-0.1, -0.05) is 55.8 Å². The lowest BCUT2D eigenvalue weighted by Crippen LogP contribution is -2.28. The Hall–Kier alpha value is -5.12. The highest BCUT2D eigenvalue weighted by atomic mass is 19.1. The molecule has 10 heteroatoms. The number of carbonyl (C=O) groups is 1. The summed E-state index contributed by atoms with van der Waals surface area (Å²) in [5.74, 6) is -0.371. The van der Waals surface area contributed by atoms with Crippen molar-refractivity contribution in [2.75, 3.05) is 7.11 Å². The van der Waals surface area contributed by atoms with E-state index in [1.54, 1.807) is 10.6 Å². The molecule has 0 fully saturated rings. The maximum Gasteiger partial charge on any atom is 0.263 e. The van der Waals surface area contributed by atoms with Crippen molar-refractivity contribution in [3.8, 4) is 22.6 Å². The van der Waals surface area contributed by atoms with E-state index in [0.717, 1.165) is 34.4 Å². The molecule has 0 unspecified atom stereocenters. The molecule has 5 aromatic rings. The van der Waals surface area contributed by atoms with E-state index in [1.165, 1.54) is 30.1 Å². The van der Waals surface area contributed by atoms with Gasteiger partial charge in [-0.05, 0) is 41.3 Å². The maximum absolute atomic E-state index is 14.7. The molecule has 0 saturated carbocycles. The number of methoxy groups -OCH3 is 1. The molecule has 0 aliphatic carbocycles. The number of aryl methyl sites for hydroxylation is 1. The first-order valence-electron chi connectivity index (χ1n) is 13.3. The maximum atomic E-state index is 14.7. The predicted molar refractivity (Wildman–Crippen MR) is 153 cm³/mol. The largest absolute Gasteiger partial charge is 0.494 e. The summed E-state index contributed by atoms with van der Waals surface area (Å²) in [6.07, 6.45) is 3.24. The zero-order valence-corrected chi connectivity index (χ0v) is 22.6. The van der Waals surface area contributed by atoms with Gasteiger partial charge in [-0.3, -0.25) is 9.59 Å². The average molecular weight is 551 g/mol. The van der Waals surface area contributed by atoms with Crippen molar-refractivity contribution >= 4 is 17.4 Å². The van der Waals surface area contributed by atoms with Gasteiger partial charge in [0.05, 0.1) is 30.6 Å². The van der Waals surface area contributed by atoms with Crippen molar-refractivity contribution in [3.05, 3.63) is 112 Å². The van der Waals surface area contributed by atoms with Gasteiger partial charge in [0.25, 0.3) is 5.56 Å². The van der Waals surface area contributed by atoms with E-state index in [0.29, 0.717) is 35.6 Å². The number of carbonyl (C=O) groups excluding carboxylic acids is 1. The first-order chi connectivity index (χ1) is 20.0. The lowest BCUT2D eigenvalue weighted by atomic mass is 9.91. The molecule has 6 rings (SSSR count). The predicted octanol–water partition coefficient (Wildman–Crippen LogP) is 4.46. The number of amides is 1. The van der Waals surface area contributed by atoms with Crippen LogP contribution in [0.5, 0.6) is 5.75 Å². The molecule has 1 N–H and O–H groups in total. The Bertz CT molecular complexity index is 1880. The minimum absolute atomic E-state index is 0.0796. The molecule has 41 heavy (non-hydrogen) atoms. The SMILES string of the molecule is CCCc1c(Cc2ccc(-c3ccccc3)c(C3=NNC(=O)C3)c2)c(=O)n(-c2ccc(OC)c(F)c2)c2ncnn12. The lowest BCUT2D eigenvalue weighted by Gasteiger charge is -2.17. The number of aromatic nitrogens is 4. The van der Waals surface area contributed by atoms with Gasteiger partial charge in [0.15, 0.2) is 11.6 Å². The first kappa shape index (κ1) is 26.1. The Morgan fingerprint density at radius 2 is 1.85 bits per heavy atom. The molecule has 0 saturated heterocycles. The molecule has 206 valence electrons. The van der Waals surface area contributed by atoms with Crippen LogP contribution in [-0.2, 0) is 17.6 Å². The van der Waals surface area contributed by atoms with Gasteiger partial charge in [0.2, 0.25) is 11.7 Å². The second-order valence-corrected chi connectivity index (χ2v) is 9.80. The number of rotatable bonds is 8. The monoisotopic (exact) mass is 550 g/mol. The number of nitrogens with zero attached hydrogens (tertiary/aromatic N) is 5. The Morgan fingerprint density at radius 1 is 1.02 bits per heavy atom. The van der Waals surface area contributed by atoms with E-state index in [-0.39, 0.29) is 23.6 Å². The zero-order chi connectivity index (χ0) is 28.5. The minimum atomic E-state index is -0.588. The van der Waals surface area contributed by atoms with Crippen LogP contribution in [0.2, 0.25) is 0 Å². The number of hydrazone groups is 1. The van der Waals surface area contributed by atoms with Gasteiger partial charge < -0.3 is 4.74 Å². The lowest BCUT2D eigenvalue weighted by molar-refractivity contribution is -0.119. The standard InChI is InChI=1S/C31H27FN6O3/c1-3-7-27-24(30(40)37(31-33-18-34-38(27)31)21-11-13-28(41-2)25(32)16-21)15-19-10-12-22(20-8-5-4-6-9-20)23(14-19)26-17-29(39)36-35-26/h4-6,8-14,16,18H,3,7,15,17H2,1-2H3,(H,36,39). The third kappa shape index (κ3) is 4.77. The van der Waals surface area contributed by atoms with E-state index in [9.17, 15) is 14.0 Å². The van der Waals surface area contributed by atoms with Crippen molar-refractivity contribution in [1.29, 1.82) is 0 Å². The van der Waals surface area contributed by atoms with E-state index in [2.05, 4.69) is 20.6 Å². The topological polar surface area (TPSA) is 103 Å². The quantitative estimate of drug-likeness (QED) is 0.307. The molecule has 0 atom stereocenters. The third-order valence-corrected chi connectivity index (χ3v) is 7.18. The Balaban J connectivity index is 1.52. The van der Waals surface area contributed by atoms with Crippen LogP contribution >= 0.6 is 0 Å². The summed E-state index contributed by atoms with van der Waals surface area (Å²) in [6, 6.07) is 20.2. The molecule has 2 aromatic heterocycles.